The second kappa shape index (κ2) is 5.44. The molecule has 0 saturated heterocycles. The van der Waals surface area contributed by atoms with Gasteiger partial charge in [-0.25, -0.2) is 0 Å². The number of nitrogens with one attached hydrogen (secondary N) is 1. The number of anilines is 1. The maximum Gasteiger partial charge on any atom is 0.0992 e. The van der Waals surface area contributed by atoms with E-state index in [1.807, 2.05) is 13.0 Å². The van der Waals surface area contributed by atoms with Crippen LogP contribution in [0.25, 0.3) is 0 Å². The second-order valence-corrected chi connectivity index (χ2v) is 3.93. The molecule has 1 rings (SSSR count). The van der Waals surface area contributed by atoms with E-state index in [0.717, 1.165) is 16.6 Å². The zero-order valence-corrected chi connectivity index (χ0v) is 10.0. The van der Waals surface area contributed by atoms with E-state index >= 15 is 0 Å². The third kappa shape index (κ3) is 3.01. The fourth-order valence-corrected chi connectivity index (χ4v) is 1.64. The largest absolute Gasteiger partial charge is 0.371 e. The molecule has 0 heterocycles. The molecule has 1 atom stereocenters. The van der Waals surface area contributed by atoms with Gasteiger partial charge < -0.3 is 5.32 Å². The average molecular weight is 263 g/mol. The Balaban J connectivity index is 2.89. The Morgan fingerprint density at radius 3 is 2.80 bits per heavy atom. The third-order valence-corrected chi connectivity index (χ3v) is 2.69. The summed E-state index contributed by atoms with van der Waals surface area (Å²) >= 11 is 3.39. The standard InChI is InChI=1S/C12H11BrN2/c1-3-10(4-2)15-12-6-5-9(8-14)7-11(12)13/h1,5-7,10,15H,4H2,2H3. The molecule has 0 aromatic heterocycles. The van der Waals surface area contributed by atoms with Crippen molar-refractivity contribution in [3.63, 3.8) is 0 Å². The lowest BCUT2D eigenvalue weighted by Gasteiger charge is -2.13. The van der Waals surface area contributed by atoms with E-state index in [4.69, 9.17) is 11.7 Å². The monoisotopic (exact) mass is 262 g/mol. The number of nitrogens with zero attached hydrogens (tertiary/aromatic N) is 1. The summed E-state index contributed by atoms with van der Waals surface area (Å²) in [5, 5.41) is 11.9. The van der Waals surface area contributed by atoms with Crippen LogP contribution in [-0.2, 0) is 0 Å². The van der Waals surface area contributed by atoms with Crippen molar-refractivity contribution >= 4 is 21.6 Å². The lowest BCUT2D eigenvalue weighted by atomic mass is 10.2. The van der Waals surface area contributed by atoms with E-state index in [-0.39, 0.29) is 6.04 Å². The summed E-state index contributed by atoms with van der Waals surface area (Å²) in [5.41, 5.74) is 1.54. The van der Waals surface area contributed by atoms with Crippen molar-refractivity contribution < 1.29 is 0 Å². The van der Waals surface area contributed by atoms with Gasteiger partial charge in [0, 0.05) is 10.2 Å². The van der Waals surface area contributed by atoms with Gasteiger partial charge in [0.2, 0.25) is 0 Å². The van der Waals surface area contributed by atoms with Crippen LogP contribution in [0.5, 0.6) is 0 Å². The van der Waals surface area contributed by atoms with Gasteiger partial charge in [0.05, 0.1) is 17.7 Å². The van der Waals surface area contributed by atoms with Gasteiger partial charge in [0.1, 0.15) is 0 Å². The lowest BCUT2D eigenvalue weighted by Crippen LogP contribution is -2.15. The minimum absolute atomic E-state index is 0.0224. The van der Waals surface area contributed by atoms with Crippen molar-refractivity contribution in [3.05, 3.63) is 28.2 Å². The van der Waals surface area contributed by atoms with E-state index < -0.39 is 0 Å². The highest BCUT2D eigenvalue weighted by molar-refractivity contribution is 9.10. The van der Waals surface area contributed by atoms with Gasteiger partial charge >= 0.3 is 0 Å². The molecule has 2 nitrogen and oxygen atoms in total. The Morgan fingerprint density at radius 2 is 2.33 bits per heavy atom. The number of benzene rings is 1. The normalized spacial score (nSPS) is 11.2. The predicted molar refractivity (Wildman–Crippen MR) is 65.4 cm³/mol. The molecule has 0 amide bonds. The van der Waals surface area contributed by atoms with Crippen LogP contribution in [0.1, 0.15) is 18.9 Å². The van der Waals surface area contributed by atoms with Gasteiger partial charge in [0.15, 0.2) is 0 Å². The molecule has 3 heteroatoms. The van der Waals surface area contributed by atoms with Crippen molar-refractivity contribution in [2.24, 2.45) is 0 Å². The molecule has 15 heavy (non-hydrogen) atoms. The number of terminal acetylenes is 1. The van der Waals surface area contributed by atoms with E-state index in [0.29, 0.717) is 5.56 Å². The Hall–Kier alpha value is -1.45. The summed E-state index contributed by atoms with van der Waals surface area (Å²) in [5.74, 6) is 2.66. The molecule has 1 aromatic rings. The summed E-state index contributed by atoms with van der Waals surface area (Å²) in [7, 11) is 0. The van der Waals surface area contributed by atoms with Crippen LogP contribution in [0.2, 0.25) is 0 Å². The Morgan fingerprint density at radius 1 is 1.60 bits per heavy atom. The third-order valence-electron chi connectivity index (χ3n) is 2.04. The molecule has 0 aliphatic heterocycles. The van der Waals surface area contributed by atoms with Crippen LogP contribution in [-0.4, -0.2) is 6.04 Å². The molecule has 1 N–H and O–H groups in total. The van der Waals surface area contributed by atoms with Gasteiger partial charge in [0.25, 0.3) is 0 Å². The molecule has 1 aromatic carbocycles. The minimum atomic E-state index is 0.0224. The van der Waals surface area contributed by atoms with Crippen LogP contribution in [0.3, 0.4) is 0 Å². The van der Waals surface area contributed by atoms with Crippen molar-refractivity contribution in [2.45, 2.75) is 19.4 Å². The van der Waals surface area contributed by atoms with Crippen LogP contribution in [0.15, 0.2) is 22.7 Å². The van der Waals surface area contributed by atoms with E-state index in [2.05, 4.69) is 33.2 Å². The molecular formula is C12H11BrN2. The number of rotatable bonds is 3. The number of halogens is 1. The molecule has 0 saturated carbocycles. The van der Waals surface area contributed by atoms with Crippen molar-refractivity contribution in [1.29, 1.82) is 5.26 Å². The van der Waals surface area contributed by atoms with Gasteiger partial charge in [-0.15, -0.1) is 6.42 Å². The van der Waals surface area contributed by atoms with Gasteiger partial charge in [-0.1, -0.05) is 12.8 Å². The fraction of sp³-hybridized carbons (Fsp3) is 0.250. The molecule has 1 unspecified atom stereocenters. The Kier molecular flexibility index (Phi) is 4.21. The molecule has 76 valence electrons. The van der Waals surface area contributed by atoms with Gasteiger partial charge in [-0.05, 0) is 40.5 Å². The maximum absolute atomic E-state index is 8.70. The molecule has 0 aliphatic rings. The van der Waals surface area contributed by atoms with Crippen molar-refractivity contribution in [1.82, 2.24) is 0 Å². The van der Waals surface area contributed by atoms with Crippen molar-refractivity contribution in [2.75, 3.05) is 5.32 Å². The maximum atomic E-state index is 8.70. The molecular weight excluding hydrogens is 252 g/mol. The fourth-order valence-electron chi connectivity index (χ4n) is 1.15. The zero-order chi connectivity index (χ0) is 11.3. The first-order valence-electron chi connectivity index (χ1n) is 4.63. The average Bonchev–Trinajstić information content (AvgIpc) is 2.27. The summed E-state index contributed by atoms with van der Waals surface area (Å²) in [4.78, 5) is 0. The molecule has 0 radical (unpaired) electrons. The zero-order valence-electron chi connectivity index (χ0n) is 8.42. The summed E-state index contributed by atoms with van der Waals surface area (Å²) in [6, 6.07) is 7.48. The first-order valence-corrected chi connectivity index (χ1v) is 5.43. The van der Waals surface area contributed by atoms with Crippen LogP contribution in [0, 0.1) is 23.7 Å². The van der Waals surface area contributed by atoms with E-state index in [1.165, 1.54) is 0 Å². The predicted octanol–water partition coefficient (Wildman–Crippen LogP) is 3.14. The first kappa shape index (κ1) is 11.6. The summed E-state index contributed by atoms with van der Waals surface area (Å²) in [6.45, 7) is 2.02. The topological polar surface area (TPSA) is 35.8 Å². The summed E-state index contributed by atoms with van der Waals surface area (Å²) < 4.78 is 0.857. The van der Waals surface area contributed by atoms with Crippen LogP contribution < -0.4 is 5.32 Å². The van der Waals surface area contributed by atoms with Gasteiger partial charge in [-0.3, -0.25) is 0 Å². The summed E-state index contributed by atoms with van der Waals surface area (Å²) in [6.07, 6.45) is 6.22. The van der Waals surface area contributed by atoms with Crippen LogP contribution >= 0.6 is 15.9 Å². The van der Waals surface area contributed by atoms with E-state index in [1.54, 1.807) is 12.1 Å². The second-order valence-electron chi connectivity index (χ2n) is 3.08. The minimum Gasteiger partial charge on any atom is -0.371 e. The van der Waals surface area contributed by atoms with Crippen molar-refractivity contribution in [3.8, 4) is 18.4 Å². The number of hydrogen-bond donors (Lipinski definition) is 1. The lowest BCUT2D eigenvalue weighted by molar-refractivity contribution is 0.857. The Labute approximate surface area is 98.4 Å². The quantitative estimate of drug-likeness (QED) is 0.850. The Bertz CT molecular complexity index is 426. The number of nitriles is 1. The molecule has 0 fully saturated rings. The molecule has 0 spiro atoms. The number of hydrogen-bond acceptors (Lipinski definition) is 2. The SMILES string of the molecule is C#CC(CC)Nc1ccc(C#N)cc1Br. The van der Waals surface area contributed by atoms with Gasteiger partial charge in [-0.2, -0.15) is 5.26 Å². The molecule has 0 bridgehead atoms. The molecule has 0 aliphatic carbocycles. The highest BCUT2D eigenvalue weighted by Gasteiger charge is 2.05. The smallest absolute Gasteiger partial charge is 0.0992 e. The highest BCUT2D eigenvalue weighted by Crippen LogP contribution is 2.24. The first-order chi connectivity index (χ1) is 7.21. The highest BCUT2D eigenvalue weighted by atomic mass is 79.9. The van der Waals surface area contributed by atoms with E-state index in [9.17, 15) is 0 Å². The van der Waals surface area contributed by atoms with Crippen LogP contribution in [0.4, 0.5) is 5.69 Å².